The van der Waals surface area contributed by atoms with Gasteiger partial charge in [-0.1, -0.05) is 18.2 Å². The van der Waals surface area contributed by atoms with Crippen LogP contribution in [0.25, 0.3) is 15.7 Å². The van der Waals surface area contributed by atoms with Gasteiger partial charge in [-0.15, -0.1) is 0 Å². The highest BCUT2D eigenvalue weighted by Gasteiger charge is 2.20. The molecule has 1 heterocycles. The number of para-hydroxylation sites is 2. The minimum absolute atomic E-state index is 0.0372. The van der Waals surface area contributed by atoms with Gasteiger partial charge in [0.1, 0.15) is 24.2 Å². The number of ether oxygens (including phenoxy) is 2. The molecular formula is C25H28N4O5. The number of aromatic amines is 1. The predicted molar refractivity (Wildman–Crippen MR) is 129 cm³/mol. The highest BCUT2D eigenvalue weighted by Crippen LogP contribution is 2.26. The van der Waals surface area contributed by atoms with E-state index in [2.05, 4.69) is 20.5 Å². The van der Waals surface area contributed by atoms with Gasteiger partial charge in [-0.05, 0) is 44.2 Å². The first kappa shape index (κ1) is 24.8. The number of fused-ring (bicyclic) bond motifs is 1. The molecule has 1 amide bonds. The van der Waals surface area contributed by atoms with E-state index in [4.69, 9.17) is 16.0 Å². The van der Waals surface area contributed by atoms with Crippen LogP contribution in [-0.4, -0.2) is 53.9 Å². The Labute approximate surface area is 197 Å². The van der Waals surface area contributed by atoms with E-state index in [0.717, 1.165) is 5.39 Å². The fourth-order valence-corrected chi connectivity index (χ4v) is 3.11. The first-order chi connectivity index (χ1) is 16.3. The van der Waals surface area contributed by atoms with Gasteiger partial charge in [0.15, 0.2) is 6.61 Å². The van der Waals surface area contributed by atoms with E-state index in [1.165, 1.54) is 6.07 Å². The van der Waals surface area contributed by atoms with Crippen LogP contribution in [0, 0.1) is 6.57 Å². The van der Waals surface area contributed by atoms with E-state index >= 15 is 0 Å². The summed E-state index contributed by atoms with van der Waals surface area (Å²) in [5.74, 6) is 0.675. The summed E-state index contributed by atoms with van der Waals surface area (Å²) in [6.45, 7) is 11.4. The third-order valence-electron chi connectivity index (χ3n) is 5.03. The van der Waals surface area contributed by atoms with Gasteiger partial charge < -0.3 is 30.2 Å². The van der Waals surface area contributed by atoms with Gasteiger partial charge in [0.05, 0.1) is 6.57 Å². The SMILES string of the molecule is [C-]#[N+]c1ccccc1OC[C@@H](O)CNC(C)(C)CNC(=O)COc1ccc2[nH]c(=O)ccc2c1. The fourth-order valence-electron chi connectivity index (χ4n) is 3.11. The Balaban J connectivity index is 1.39. The van der Waals surface area contributed by atoms with E-state index < -0.39 is 11.6 Å². The Morgan fingerprint density at radius 1 is 1.18 bits per heavy atom. The van der Waals surface area contributed by atoms with Crippen molar-refractivity contribution in [3.05, 3.63) is 76.4 Å². The zero-order chi connectivity index (χ0) is 24.6. The molecular weight excluding hydrogens is 436 g/mol. The molecule has 0 aliphatic rings. The molecule has 1 atom stereocenters. The van der Waals surface area contributed by atoms with Crippen LogP contribution in [-0.2, 0) is 4.79 Å². The molecule has 3 aromatic rings. The summed E-state index contributed by atoms with van der Waals surface area (Å²) in [7, 11) is 0. The van der Waals surface area contributed by atoms with Gasteiger partial charge in [0, 0.05) is 35.6 Å². The zero-order valence-corrected chi connectivity index (χ0v) is 19.1. The van der Waals surface area contributed by atoms with Crippen molar-refractivity contribution in [1.82, 2.24) is 15.6 Å². The number of hydrogen-bond acceptors (Lipinski definition) is 6. The number of H-pyrrole nitrogens is 1. The second-order valence-electron chi connectivity index (χ2n) is 8.45. The molecule has 0 fully saturated rings. The highest BCUT2D eigenvalue weighted by atomic mass is 16.5. The third-order valence-corrected chi connectivity index (χ3v) is 5.03. The quantitative estimate of drug-likeness (QED) is 0.324. The van der Waals surface area contributed by atoms with Gasteiger partial charge >= 0.3 is 0 Å². The van der Waals surface area contributed by atoms with Gasteiger partial charge in [-0.3, -0.25) is 9.59 Å². The van der Waals surface area contributed by atoms with Gasteiger partial charge in [-0.2, -0.15) is 0 Å². The van der Waals surface area contributed by atoms with Crippen LogP contribution in [0.15, 0.2) is 59.4 Å². The smallest absolute Gasteiger partial charge is 0.258 e. The number of aliphatic hydroxyl groups is 1. The van der Waals surface area contributed by atoms with Gasteiger partial charge in [0.25, 0.3) is 5.91 Å². The maximum absolute atomic E-state index is 12.2. The molecule has 0 unspecified atom stereocenters. The lowest BCUT2D eigenvalue weighted by molar-refractivity contribution is -0.123. The van der Waals surface area contributed by atoms with Crippen molar-refractivity contribution >= 4 is 22.5 Å². The maximum Gasteiger partial charge on any atom is 0.258 e. The van der Waals surface area contributed by atoms with Crippen LogP contribution in [0.5, 0.6) is 11.5 Å². The van der Waals surface area contributed by atoms with Crippen molar-refractivity contribution in [2.75, 3.05) is 26.3 Å². The topological polar surface area (TPSA) is 117 Å². The van der Waals surface area contributed by atoms with E-state index in [9.17, 15) is 14.7 Å². The average Bonchev–Trinajstić information content (AvgIpc) is 2.84. The van der Waals surface area contributed by atoms with Crippen LogP contribution in [0.2, 0.25) is 0 Å². The lowest BCUT2D eigenvalue weighted by atomic mass is 10.1. The van der Waals surface area contributed by atoms with Crippen molar-refractivity contribution in [2.24, 2.45) is 0 Å². The number of benzene rings is 2. The van der Waals surface area contributed by atoms with Crippen LogP contribution in [0.3, 0.4) is 0 Å². The monoisotopic (exact) mass is 464 g/mol. The number of pyridine rings is 1. The second-order valence-corrected chi connectivity index (χ2v) is 8.45. The number of nitrogens with zero attached hydrogens (tertiary/aromatic N) is 1. The maximum atomic E-state index is 12.2. The minimum Gasteiger partial charge on any atom is -0.502 e. The lowest BCUT2D eigenvalue weighted by Gasteiger charge is -2.28. The number of nitrogens with one attached hydrogen (secondary N) is 3. The molecule has 9 nitrogen and oxygen atoms in total. The third kappa shape index (κ3) is 7.33. The zero-order valence-electron chi connectivity index (χ0n) is 19.1. The molecule has 0 saturated carbocycles. The lowest BCUT2D eigenvalue weighted by Crippen LogP contribution is -2.52. The van der Waals surface area contributed by atoms with Crippen molar-refractivity contribution in [3.8, 4) is 11.5 Å². The van der Waals surface area contributed by atoms with Crippen LogP contribution >= 0.6 is 0 Å². The largest absolute Gasteiger partial charge is 0.502 e. The number of amides is 1. The molecule has 0 spiro atoms. The summed E-state index contributed by atoms with van der Waals surface area (Å²) in [5.41, 5.74) is 0.425. The molecule has 2 aromatic carbocycles. The first-order valence-electron chi connectivity index (χ1n) is 10.8. The molecule has 0 saturated heterocycles. The summed E-state index contributed by atoms with van der Waals surface area (Å²) in [6.07, 6.45) is -0.792. The first-order valence-corrected chi connectivity index (χ1v) is 10.8. The Morgan fingerprint density at radius 2 is 1.97 bits per heavy atom. The molecule has 0 bridgehead atoms. The van der Waals surface area contributed by atoms with Crippen LogP contribution < -0.4 is 25.7 Å². The molecule has 4 N–H and O–H groups in total. The molecule has 178 valence electrons. The summed E-state index contributed by atoms with van der Waals surface area (Å²) in [4.78, 5) is 29.7. The van der Waals surface area contributed by atoms with E-state index in [0.29, 0.717) is 29.2 Å². The number of hydrogen-bond donors (Lipinski definition) is 4. The molecule has 0 aliphatic heterocycles. The molecule has 1 aromatic heterocycles. The van der Waals surface area contributed by atoms with Gasteiger partial charge in [0.2, 0.25) is 11.2 Å². The van der Waals surface area contributed by atoms with Crippen molar-refractivity contribution in [2.45, 2.75) is 25.5 Å². The van der Waals surface area contributed by atoms with Crippen LogP contribution in [0.1, 0.15) is 13.8 Å². The number of aliphatic hydroxyl groups excluding tert-OH is 1. The fraction of sp³-hybridized carbons (Fsp3) is 0.320. The minimum atomic E-state index is -0.792. The Morgan fingerprint density at radius 3 is 2.76 bits per heavy atom. The molecule has 0 radical (unpaired) electrons. The summed E-state index contributed by atoms with van der Waals surface area (Å²) in [6, 6.07) is 15.2. The molecule has 3 rings (SSSR count). The number of aromatic nitrogens is 1. The highest BCUT2D eigenvalue weighted by molar-refractivity contribution is 5.80. The number of β-amino-alcohol motifs (C(OH)–C–C–N with tert-alkyl or cyclic N) is 1. The molecule has 0 aliphatic carbocycles. The van der Waals surface area contributed by atoms with Crippen molar-refractivity contribution in [1.29, 1.82) is 0 Å². The normalized spacial score (nSPS) is 12.1. The van der Waals surface area contributed by atoms with E-state index in [1.54, 1.807) is 48.5 Å². The Hall–Kier alpha value is -3.87. The summed E-state index contributed by atoms with van der Waals surface area (Å²) < 4.78 is 11.1. The van der Waals surface area contributed by atoms with Gasteiger partial charge in [-0.25, -0.2) is 4.85 Å². The number of carbonyl (C=O) groups excluding carboxylic acids is 1. The summed E-state index contributed by atoms with van der Waals surface area (Å²) >= 11 is 0. The Kier molecular flexibility index (Phi) is 8.24. The summed E-state index contributed by atoms with van der Waals surface area (Å²) in [5, 5.41) is 17.0. The van der Waals surface area contributed by atoms with Crippen LogP contribution in [0.4, 0.5) is 5.69 Å². The predicted octanol–water partition coefficient (Wildman–Crippen LogP) is 2.38. The number of carbonyl (C=O) groups is 1. The molecule has 9 heteroatoms. The standard InChI is InChI=1S/C25H28N4O5/c1-25(2,28-13-18(30)14-34-22-7-5-4-6-21(22)26-3)16-27-24(32)15-33-19-9-10-20-17(12-19)8-11-23(31)29-20/h4-12,18,28,30H,13-16H2,1-2H3,(H,27,32)(H,29,31)/t18-/m0/s1. The average molecular weight is 465 g/mol. The van der Waals surface area contributed by atoms with Crippen molar-refractivity contribution < 1.29 is 19.4 Å². The van der Waals surface area contributed by atoms with E-state index in [1.807, 2.05) is 13.8 Å². The molecule has 34 heavy (non-hydrogen) atoms. The Bertz CT molecular complexity index is 1230. The number of rotatable bonds is 11. The van der Waals surface area contributed by atoms with E-state index in [-0.39, 0.29) is 31.2 Å². The second kappa shape index (κ2) is 11.3. The van der Waals surface area contributed by atoms with Crippen molar-refractivity contribution in [3.63, 3.8) is 0 Å².